The molecule has 3 aromatic rings. The molecule has 2 N–H and O–H groups in total. The molecule has 0 aliphatic carbocycles. The van der Waals surface area contributed by atoms with Crippen LogP contribution in [0.4, 0.5) is 17.1 Å². The second-order valence-corrected chi connectivity index (χ2v) is 7.69. The maximum atomic E-state index is 3.55. The lowest BCUT2D eigenvalue weighted by Crippen LogP contribution is -2.10. The van der Waals surface area contributed by atoms with Crippen LogP contribution >= 0.6 is 0 Å². The molecule has 27 heavy (non-hydrogen) atoms. The van der Waals surface area contributed by atoms with Crippen LogP contribution in [0.15, 0.2) is 78.9 Å². The van der Waals surface area contributed by atoms with Crippen molar-refractivity contribution < 1.29 is 0 Å². The lowest BCUT2D eigenvalue weighted by Gasteiger charge is -2.15. The van der Waals surface area contributed by atoms with Gasteiger partial charge in [0.1, 0.15) is 0 Å². The minimum atomic E-state index is 0.472. The smallest absolute Gasteiger partial charge is 0.0385 e. The van der Waals surface area contributed by atoms with E-state index in [4.69, 9.17) is 0 Å². The minimum Gasteiger partial charge on any atom is -0.384 e. The van der Waals surface area contributed by atoms with E-state index in [9.17, 15) is 0 Å². The topological polar surface area (TPSA) is 24.1 Å². The molecular weight excluding hydrogens is 328 g/mol. The molecule has 2 heteroatoms. The van der Waals surface area contributed by atoms with Gasteiger partial charge in [-0.3, -0.25) is 0 Å². The van der Waals surface area contributed by atoms with Crippen molar-refractivity contribution in [3.8, 4) is 0 Å². The summed E-state index contributed by atoms with van der Waals surface area (Å²) in [7, 11) is 0. The summed E-state index contributed by atoms with van der Waals surface area (Å²) in [5.74, 6) is 1.18. The second kappa shape index (κ2) is 9.27. The number of benzene rings is 3. The molecule has 1 atom stereocenters. The maximum absolute atomic E-state index is 3.55. The van der Waals surface area contributed by atoms with Gasteiger partial charge < -0.3 is 10.6 Å². The summed E-state index contributed by atoms with van der Waals surface area (Å²) in [5, 5.41) is 6.97. The Morgan fingerprint density at radius 2 is 1.26 bits per heavy atom. The van der Waals surface area contributed by atoms with Gasteiger partial charge in [0.05, 0.1) is 0 Å². The minimum absolute atomic E-state index is 0.472. The number of anilines is 3. The Bertz CT molecular complexity index is 805. The van der Waals surface area contributed by atoms with E-state index in [-0.39, 0.29) is 0 Å². The average Bonchev–Trinajstić information content (AvgIpc) is 2.68. The summed E-state index contributed by atoms with van der Waals surface area (Å²) >= 11 is 0. The van der Waals surface area contributed by atoms with Gasteiger partial charge in [0, 0.05) is 23.6 Å². The Hall–Kier alpha value is -2.74. The van der Waals surface area contributed by atoms with Gasteiger partial charge in [0.15, 0.2) is 0 Å². The zero-order chi connectivity index (χ0) is 19.1. The standard InChI is InChI=1S/C25H30N2/c1-19(2)17-21-9-11-22(12-10-21)20(3)18-26-23-13-15-25(16-14-23)27-24-7-5-4-6-8-24/h4-16,19-20,26-27H,17-18H2,1-3H3. The molecule has 1 unspecified atom stereocenters. The van der Waals surface area contributed by atoms with Crippen molar-refractivity contribution in [1.29, 1.82) is 0 Å². The summed E-state index contributed by atoms with van der Waals surface area (Å²) in [5.41, 5.74) is 6.16. The first-order chi connectivity index (χ1) is 13.1. The van der Waals surface area contributed by atoms with Gasteiger partial charge in [-0.1, -0.05) is 63.2 Å². The first-order valence-corrected chi connectivity index (χ1v) is 9.85. The third-order valence-electron chi connectivity index (χ3n) is 4.75. The maximum Gasteiger partial charge on any atom is 0.0385 e. The summed E-state index contributed by atoms with van der Waals surface area (Å²) in [6.45, 7) is 7.73. The first kappa shape index (κ1) is 19.0. The molecule has 0 saturated carbocycles. The van der Waals surface area contributed by atoms with Crippen molar-refractivity contribution in [2.45, 2.75) is 33.1 Å². The average molecular weight is 359 g/mol. The predicted octanol–water partition coefficient (Wildman–Crippen LogP) is 6.84. The molecule has 0 radical (unpaired) electrons. The molecule has 0 heterocycles. The van der Waals surface area contributed by atoms with Crippen molar-refractivity contribution in [3.63, 3.8) is 0 Å². The molecule has 2 nitrogen and oxygen atoms in total. The second-order valence-electron chi connectivity index (χ2n) is 7.69. The molecule has 0 aromatic heterocycles. The highest BCUT2D eigenvalue weighted by atomic mass is 14.9. The van der Waals surface area contributed by atoms with E-state index in [0.717, 1.165) is 30.0 Å². The lowest BCUT2D eigenvalue weighted by molar-refractivity contribution is 0.647. The molecule has 0 amide bonds. The molecule has 0 fully saturated rings. The fourth-order valence-electron chi connectivity index (χ4n) is 3.20. The molecule has 140 valence electrons. The van der Waals surface area contributed by atoms with E-state index in [1.165, 1.54) is 11.1 Å². The van der Waals surface area contributed by atoms with Gasteiger partial charge in [0.2, 0.25) is 0 Å². The van der Waals surface area contributed by atoms with Crippen molar-refractivity contribution in [1.82, 2.24) is 0 Å². The first-order valence-electron chi connectivity index (χ1n) is 9.85. The molecule has 3 aromatic carbocycles. The number of hydrogen-bond donors (Lipinski definition) is 2. The van der Waals surface area contributed by atoms with Crippen LogP contribution in [0.3, 0.4) is 0 Å². The van der Waals surface area contributed by atoms with E-state index >= 15 is 0 Å². The number of hydrogen-bond acceptors (Lipinski definition) is 2. The highest BCUT2D eigenvalue weighted by Gasteiger charge is 2.06. The largest absolute Gasteiger partial charge is 0.384 e. The van der Waals surface area contributed by atoms with Gasteiger partial charge >= 0.3 is 0 Å². The molecule has 0 bridgehead atoms. The van der Waals surface area contributed by atoms with E-state index in [1.807, 2.05) is 18.2 Å². The van der Waals surface area contributed by atoms with Crippen LogP contribution in [0.25, 0.3) is 0 Å². The van der Waals surface area contributed by atoms with Gasteiger partial charge in [-0.25, -0.2) is 0 Å². The normalized spacial score (nSPS) is 12.0. The van der Waals surface area contributed by atoms with Gasteiger partial charge in [-0.05, 0) is 65.8 Å². The van der Waals surface area contributed by atoms with E-state index in [2.05, 4.69) is 92.1 Å². The predicted molar refractivity (Wildman–Crippen MR) is 118 cm³/mol. The lowest BCUT2D eigenvalue weighted by atomic mass is 9.97. The Morgan fingerprint density at radius 3 is 1.89 bits per heavy atom. The SMILES string of the molecule is CC(C)Cc1ccc(C(C)CNc2ccc(Nc3ccccc3)cc2)cc1. The molecule has 3 rings (SSSR count). The van der Waals surface area contributed by atoms with Crippen molar-refractivity contribution >= 4 is 17.1 Å². The fourth-order valence-corrected chi connectivity index (χ4v) is 3.20. The van der Waals surface area contributed by atoms with Gasteiger partial charge in [-0.15, -0.1) is 0 Å². The highest BCUT2D eigenvalue weighted by molar-refractivity contribution is 5.62. The van der Waals surface area contributed by atoms with Crippen molar-refractivity contribution in [3.05, 3.63) is 90.0 Å². The fraction of sp³-hybridized carbons (Fsp3) is 0.280. The van der Waals surface area contributed by atoms with Crippen LogP contribution in [0, 0.1) is 5.92 Å². The number of para-hydroxylation sites is 1. The zero-order valence-corrected chi connectivity index (χ0v) is 16.6. The van der Waals surface area contributed by atoms with Crippen LogP contribution in [-0.2, 0) is 6.42 Å². The summed E-state index contributed by atoms with van der Waals surface area (Å²) in [6.07, 6.45) is 1.15. The third kappa shape index (κ3) is 5.89. The van der Waals surface area contributed by atoms with Crippen LogP contribution < -0.4 is 10.6 Å². The van der Waals surface area contributed by atoms with Crippen molar-refractivity contribution in [2.24, 2.45) is 5.92 Å². The van der Waals surface area contributed by atoms with Crippen LogP contribution in [-0.4, -0.2) is 6.54 Å². The van der Waals surface area contributed by atoms with E-state index < -0.39 is 0 Å². The third-order valence-corrected chi connectivity index (χ3v) is 4.75. The quantitative estimate of drug-likeness (QED) is 0.460. The molecule has 0 aliphatic rings. The summed E-state index contributed by atoms with van der Waals surface area (Å²) < 4.78 is 0. The van der Waals surface area contributed by atoms with Crippen LogP contribution in [0.1, 0.15) is 37.8 Å². The van der Waals surface area contributed by atoms with Crippen LogP contribution in [0.5, 0.6) is 0 Å². The molecule has 0 spiro atoms. The van der Waals surface area contributed by atoms with Crippen molar-refractivity contribution in [2.75, 3.05) is 17.2 Å². The Kier molecular flexibility index (Phi) is 6.54. The monoisotopic (exact) mass is 358 g/mol. The summed E-state index contributed by atoms with van der Waals surface area (Å²) in [4.78, 5) is 0. The number of nitrogens with one attached hydrogen (secondary N) is 2. The Morgan fingerprint density at radius 1 is 0.667 bits per heavy atom. The molecule has 0 saturated heterocycles. The van der Waals surface area contributed by atoms with Crippen LogP contribution in [0.2, 0.25) is 0 Å². The molecular formula is C25H30N2. The Labute approximate surface area is 163 Å². The van der Waals surface area contributed by atoms with Gasteiger partial charge in [0.25, 0.3) is 0 Å². The zero-order valence-electron chi connectivity index (χ0n) is 16.6. The Balaban J connectivity index is 1.52. The number of rotatable bonds is 8. The van der Waals surface area contributed by atoms with Gasteiger partial charge in [-0.2, -0.15) is 0 Å². The summed E-state index contributed by atoms with van der Waals surface area (Å²) in [6, 6.07) is 27.8. The van der Waals surface area contributed by atoms with E-state index in [1.54, 1.807) is 0 Å². The molecule has 0 aliphatic heterocycles. The highest BCUT2D eigenvalue weighted by Crippen LogP contribution is 2.21. The van der Waals surface area contributed by atoms with E-state index in [0.29, 0.717) is 11.8 Å².